The summed E-state index contributed by atoms with van der Waals surface area (Å²) >= 11 is 0. The summed E-state index contributed by atoms with van der Waals surface area (Å²) in [6, 6.07) is 5.78. The van der Waals surface area contributed by atoms with Crippen LogP contribution in [0.4, 0.5) is 5.82 Å². The molecule has 0 saturated carbocycles. The number of benzene rings is 1. The van der Waals surface area contributed by atoms with Gasteiger partial charge in [-0.1, -0.05) is 0 Å². The molecular formula is C27H36N6O5S. The molecule has 2 aliphatic rings. The standard InChI is InChI=1S/C27H36N6O5S/c1-2-37-19-23-30-25-26(33(23)15-4-3-13-32-14-7-17-39(32,35)36)21-10-9-20(18-22(21)29-27(25)28)38-16-6-12-31-11-5-8-24(31)34/h5,8-11,18H,2-4,6-7,12-17,19H2,1H3,(H3-,28,29,35,36). The molecular weight excluding hydrogens is 520 g/mol. The maximum atomic E-state index is 12.3. The van der Waals surface area contributed by atoms with Crippen LogP contribution in [0.25, 0.3) is 21.9 Å². The summed E-state index contributed by atoms with van der Waals surface area (Å²) in [7, 11) is -2.84. The Balaban J connectivity index is 1.33. The van der Waals surface area contributed by atoms with Gasteiger partial charge in [-0.15, -0.1) is 0 Å². The molecule has 1 fully saturated rings. The zero-order valence-electron chi connectivity index (χ0n) is 22.3. The third kappa shape index (κ3) is 6.10. The van der Waals surface area contributed by atoms with Crippen molar-refractivity contribution < 1.29 is 27.9 Å². The number of imidazole rings is 1. The molecule has 2 aromatic heterocycles. The minimum absolute atomic E-state index is 0.00575. The molecule has 4 heterocycles. The van der Waals surface area contributed by atoms with Crippen molar-refractivity contribution in [1.29, 1.82) is 0 Å². The van der Waals surface area contributed by atoms with Crippen LogP contribution in [-0.4, -0.2) is 83.2 Å². The molecule has 11 nitrogen and oxygen atoms in total. The van der Waals surface area contributed by atoms with Crippen molar-refractivity contribution in [3.05, 3.63) is 36.2 Å². The van der Waals surface area contributed by atoms with E-state index < -0.39 is 10.8 Å². The van der Waals surface area contributed by atoms with Crippen molar-refractivity contribution in [2.24, 2.45) is 0 Å². The predicted octanol–water partition coefficient (Wildman–Crippen LogP) is 3.46. The van der Waals surface area contributed by atoms with E-state index in [2.05, 4.69) is 9.55 Å². The molecule has 2 aliphatic heterocycles. The minimum Gasteiger partial charge on any atom is -0.755 e. The second-order valence-corrected chi connectivity index (χ2v) is 11.9. The highest BCUT2D eigenvalue weighted by Crippen LogP contribution is 2.48. The number of pyridine rings is 1. The zero-order valence-corrected chi connectivity index (χ0v) is 23.1. The first kappa shape index (κ1) is 27.5. The van der Waals surface area contributed by atoms with Crippen LogP contribution in [-0.2, 0) is 22.7 Å². The highest BCUT2D eigenvalue weighted by molar-refractivity contribution is 8.22. The highest BCUT2D eigenvalue weighted by atomic mass is 32.3. The van der Waals surface area contributed by atoms with Gasteiger partial charge in [-0.25, -0.2) is 19.1 Å². The fourth-order valence-electron chi connectivity index (χ4n) is 5.09. The molecule has 12 heteroatoms. The molecule has 5 rings (SSSR count). The lowest BCUT2D eigenvalue weighted by atomic mass is 10.1. The number of nitrogens with zero attached hydrogens (tertiary/aromatic N) is 5. The number of fused-ring (bicyclic) bond motifs is 3. The fourth-order valence-corrected chi connectivity index (χ4v) is 6.69. The normalized spacial score (nSPS) is 21.2. The topological polar surface area (TPSA) is 142 Å². The number of aromatic nitrogens is 3. The van der Waals surface area contributed by atoms with E-state index in [1.165, 1.54) is 0 Å². The van der Waals surface area contributed by atoms with Gasteiger partial charge in [0.1, 0.15) is 23.7 Å². The summed E-state index contributed by atoms with van der Waals surface area (Å²) in [5.74, 6) is 2.16. The number of rotatable bonds is 13. The zero-order chi connectivity index (χ0) is 27.4. The third-order valence-electron chi connectivity index (χ3n) is 7.05. The van der Waals surface area contributed by atoms with Crippen molar-refractivity contribution in [3.8, 4) is 5.75 Å². The van der Waals surface area contributed by atoms with Crippen LogP contribution in [0.3, 0.4) is 0 Å². The molecule has 1 saturated heterocycles. The molecule has 1 unspecified atom stereocenters. The van der Waals surface area contributed by atoms with Crippen molar-refractivity contribution in [1.82, 2.24) is 18.8 Å². The van der Waals surface area contributed by atoms with Crippen LogP contribution in [0, 0.1) is 0 Å². The second-order valence-electron chi connectivity index (χ2n) is 9.73. The van der Waals surface area contributed by atoms with Crippen LogP contribution < -0.4 is 10.5 Å². The van der Waals surface area contributed by atoms with Crippen molar-refractivity contribution in [2.75, 3.05) is 44.3 Å². The number of nitrogens with two attached hydrogens (primary N) is 1. The maximum Gasteiger partial charge on any atom is 0.412 e. The maximum absolute atomic E-state index is 12.3. The van der Waals surface area contributed by atoms with Gasteiger partial charge in [-0.05, 0) is 38.3 Å². The van der Waals surface area contributed by atoms with E-state index in [0.717, 1.165) is 36.0 Å². The molecule has 39 heavy (non-hydrogen) atoms. The SMILES string of the molecule is CCOCc1nc2c(N)nc3cc(OCCC[N+]4=CC=CC4=O)ccc3c2n1CCCCN1CCCS1([O-])O. The Kier molecular flexibility index (Phi) is 8.48. The Morgan fingerprint density at radius 1 is 1.23 bits per heavy atom. The number of aryl methyl sites for hydroxylation is 1. The first-order valence-corrected chi connectivity index (χ1v) is 15.1. The first-order valence-electron chi connectivity index (χ1n) is 13.5. The van der Waals surface area contributed by atoms with Gasteiger partial charge in [0.25, 0.3) is 0 Å². The lowest BCUT2D eigenvalue weighted by Gasteiger charge is -2.49. The average molecular weight is 557 g/mol. The van der Waals surface area contributed by atoms with E-state index in [1.54, 1.807) is 27.2 Å². The van der Waals surface area contributed by atoms with Crippen LogP contribution in [0.2, 0.25) is 0 Å². The first-order chi connectivity index (χ1) is 18.9. The van der Waals surface area contributed by atoms with Crippen molar-refractivity contribution in [2.45, 2.75) is 45.8 Å². The van der Waals surface area contributed by atoms with E-state index in [4.69, 9.17) is 20.2 Å². The number of unbranched alkanes of at least 4 members (excludes halogenated alkanes) is 1. The Hall–Kier alpha value is -3.03. The summed E-state index contributed by atoms with van der Waals surface area (Å²) in [5, 5.41) is 0.919. The number of amides is 1. The van der Waals surface area contributed by atoms with Gasteiger partial charge < -0.3 is 39.7 Å². The van der Waals surface area contributed by atoms with Crippen LogP contribution >= 0.6 is 10.8 Å². The summed E-state index contributed by atoms with van der Waals surface area (Å²) < 4.78 is 39.5. The number of allylic oxidation sites excluding steroid dienone is 1. The van der Waals surface area contributed by atoms with Crippen LogP contribution in [0.5, 0.6) is 5.75 Å². The Bertz CT molecular complexity index is 1420. The molecule has 3 N–H and O–H groups in total. The quantitative estimate of drug-likeness (QED) is 0.239. The molecule has 1 atom stereocenters. The van der Waals surface area contributed by atoms with Gasteiger partial charge in [0, 0.05) is 55.9 Å². The van der Waals surface area contributed by atoms with Crippen molar-refractivity contribution in [3.63, 3.8) is 0 Å². The van der Waals surface area contributed by atoms with E-state index in [-0.39, 0.29) is 5.91 Å². The molecule has 0 spiro atoms. The lowest BCUT2D eigenvalue weighted by molar-refractivity contribution is -0.437. The number of hydrogen-bond donors (Lipinski definition) is 2. The third-order valence-corrected chi connectivity index (χ3v) is 9.04. The molecule has 1 amide bonds. The molecule has 0 aliphatic carbocycles. The van der Waals surface area contributed by atoms with Gasteiger partial charge in [0.05, 0.1) is 23.7 Å². The number of anilines is 1. The lowest BCUT2D eigenvalue weighted by Crippen LogP contribution is -2.24. The van der Waals surface area contributed by atoms with Crippen molar-refractivity contribution >= 4 is 50.7 Å². The Morgan fingerprint density at radius 3 is 2.82 bits per heavy atom. The second kappa shape index (κ2) is 12.0. The summed E-state index contributed by atoms with van der Waals surface area (Å²) in [6.07, 6.45) is 8.13. The molecule has 1 aromatic carbocycles. The van der Waals surface area contributed by atoms with E-state index in [1.807, 2.05) is 25.1 Å². The van der Waals surface area contributed by atoms with Crippen LogP contribution in [0.15, 0.2) is 30.4 Å². The number of carbonyl (C=O) groups excluding carboxylic acids is 1. The predicted molar refractivity (Wildman–Crippen MR) is 152 cm³/mol. The van der Waals surface area contributed by atoms with Gasteiger partial charge in [-0.2, -0.15) is 4.58 Å². The van der Waals surface area contributed by atoms with Gasteiger partial charge in [0.2, 0.25) is 0 Å². The molecule has 3 aromatic rings. The van der Waals surface area contributed by atoms with E-state index >= 15 is 0 Å². The van der Waals surface area contributed by atoms with Gasteiger partial charge >= 0.3 is 5.91 Å². The summed E-state index contributed by atoms with van der Waals surface area (Å²) in [6.45, 7) is 5.87. The largest absolute Gasteiger partial charge is 0.755 e. The molecule has 0 radical (unpaired) electrons. The van der Waals surface area contributed by atoms with Crippen LogP contribution in [0.1, 0.15) is 38.4 Å². The monoisotopic (exact) mass is 556 g/mol. The fraction of sp³-hybridized carbons (Fsp3) is 0.481. The molecule has 210 valence electrons. The average Bonchev–Trinajstić information content (AvgIpc) is 3.59. The number of hydrogen-bond acceptors (Lipinski definition) is 9. The summed E-state index contributed by atoms with van der Waals surface area (Å²) in [5.41, 5.74) is 8.63. The van der Waals surface area contributed by atoms with Gasteiger partial charge in [0.15, 0.2) is 18.6 Å². The summed E-state index contributed by atoms with van der Waals surface area (Å²) in [4.78, 5) is 21.1. The van der Waals surface area contributed by atoms with E-state index in [0.29, 0.717) is 80.8 Å². The smallest absolute Gasteiger partial charge is 0.412 e. The Morgan fingerprint density at radius 2 is 2.08 bits per heavy atom. The van der Waals surface area contributed by atoms with E-state index in [9.17, 15) is 13.9 Å². The van der Waals surface area contributed by atoms with Gasteiger partial charge in [-0.3, -0.25) is 0 Å². The number of ether oxygens (including phenoxy) is 2. The minimum atomic E-state index is -2.84. The number of nitrogen functional groups attached to an aromatic ring is 1. The highest BCUT2D eigenvalue weighted by Gasteiger charge is 2.22. The Labute approximate surface area is 229 Å². The molecule has 0 bridgehead atoms. The number of carbonyl (C=O) groups is 1.